The van der Waals surface area contributed by atoms with Crippen LogP contribution in [0.2, 0.25) is 0 Å². The van der Waals surface area contributed by atoms with Gasteiger partial charge in [-0.3, -0.25) is 19.8 Å². The average Bonchev–Trinajstić information content (AvgIpc) is 3.55. The number of phenolic OH excluding ortho intramolecular Hbond substituents is 1. The number of hydrogen-bond donors (Lipinski definition) is 3. The largest absolute Gasteiger partial charge is 0.508 e. The van der Waals surface area contributed by atoms with E-state index in [-0.39, 0.29) is 54.1 Å². The molecule has 1 fully saturated rings. The number of nitrogens with one attached hydrogen (secondary N) is 2. The lowest BCUT2D eigenvalue weighted by molar-refractivity contribution is 0.0533. The second-order valence-electron chi connectivity index (χ2n) is 16.1. The van der Waals surface area contributed by atoms with Gasteiger partial charge in [0.05, 0.1) is 0 Å². The van der Waals surface area contributed by atoms with Crippen molar-refractivity contribution in [3.63, 3.8) is 0 Å². The van der Waals surface area contributed by atoms with Crippen molar-refractivity contribution in [2.75, 3.05) is 67.5 Å². The smallest absolute Gasteiger partial charge is 0.349 e. The molecule has 65 heavy (non-hydrogen) atoms. The summed E-state index contributed by atoms with van der Waals surface area (Å²) in [5.41, 5.74) is 6.62. The number of benzene rings is 5. The maximum absolute atomic E-state index is 15.2. The summed E-state index contributed by atoms with van der Waals surface area (Å²) in [5, 5.41) is 15.3. The van der Waals surface area contributed by atoms with Crippen LogP contribution in [0.25, 0.3) is 11.0 Å². The molecule has 0 saturated carbocycles. The molecule has 0 aliphatic carbocycles. The van der Waals surface area contributed by atoms with Gasteiger partial charge in [0.25, 0.3) is 17.7 Å². The van der Waals surface area contributed by atoms with E-state index in [4.69, 9.17) is 21.4 Å². The first-order valence-corrected chi connectivity index (χ1v) is 22.3. The van der Waals surface area contributed by atoms with Gasteiger partial charge in [0, 0.05) is 121 Å². The number of hydrazine groups is 1. The highest BCUT2D eigenvalue weighted by Gasteiger charge is 2.57. The number of hydrogen-bond acceptors (Lipinski definition) is 10. The van der Waals surface area contributed by atoms with Crippen LogP contribution >= 0.6 is 12.2 Å². The molecule has 6 aromatic rings. The Morgan fingerprint density at radius 3 is 1.89 bits per heavy atom. The fourth-order valence-electron chi connectivity index (χ4n) is 9.35. The molecule has 15 heteroatoms. The first-order valence-electron chi connectivity index (χ1n) is 21.9. The number of ether oxygens (including phenoxy) is 1. The standard InChI is InChI=1S/C50H49N7O7S/c1-5-53(6-2)34-16-20-40-43(28-34)63-44-29-35(54(7-3)8-4)17-21-41(44)50(40)39-19-15-32(27-37(39)47(61)57(50)52-49(65)51-33-12-10-9-11-13-33)45(59)55-22-24-56(25-23-55)46(60)38-26-31-14-18-36(58)30-42(31)64-48(38)62/h9-21,26-30,58H,5-8,22-25H2,1-4H3,(H2,51,52,65). The lowest BCUT2D eigenvalue weighted by Crippen LogP contribution is -2.56. The summed E-state index contributed by atoms with van der Waals surface area (Å²) in [4.78, 5) is 63.7. The predicted octanol–water partition coefficient (Wildman–Crippen LogP) is 7.54. The predicted molar refractivity (Wildman–Crippen MR) is 254 cm³/mol. The summed E-state index contributed by atoms with van der Waals surface area (Å²) in [6.07, 6.45) is 0. The van der Waals surface area contributed by atoms with Gasteiger partial charge in [-0.2, -0.15) is 0 Å². The van der Waals surface area contributed by atoms with Gasteiger partial charge in [0.15, 0.2) is 5.11 Å². The Balaban J connectivity index is 1.09. The van der Waals surface area contributed by atoms with Gasteiger partial charge in [-0.05, 0) is 94.5 Å². The Labute approximate surface area is 381 Å². The summed E-state index contributed by atoms with van der Waals surface area (Å²) in [6, 6.07) is 32.7. The number of amides is 3. The summed E-state index contributed by atoms with van der Waals surface area (Å²) in [6.45, 7) is 12.3. The van der Waals surface area contributed by atoms with E-state index in [0.717, 1.165) is 54.4 Å². The summed E-state index contributed by atoms with van der Waals surface area (Å²) in [7, 11) is 0. The minimum Gasteiger partial charge on any atom is -0.508 e. The number of aromatic hydroxyl groups is 1. The van der Waals surface area contributed by atoms with Crippen LogP contribution in [0.5, 0.6) is 17.2 Å². The zero-order chi connectivity index (χ0) is 45.6. The molecule has 3 aliphatic heterocycles. The van der Waals surface area contributed by atoms with Crippen molar-refractivity contribution in [3.8, 4) is 17.2 Å². The highest BCUT2D eigenvalue weighted by Crippen LogP contribution is 2.58. The molecule has 332 valence electrons. The third-order valence-corrected chi connectivity index (χ3v) is 12.9. The molecule has 14 nitrogen and oxygen atoms in total. The van der Waals surface area contributed by atoms with E-state index in [9.17, 15) is 19.5 Å². The SMILES string of the molecule is CCN(CC)c1ccc2c(c1)Oc1cc(N(CC)CC)ccc1C21c2ccc(C(=O)N3CCN(C(=O)c4cc5ccc(O)cc5oc4=O)CC3)cc2C(=O)N1NC(=S)Nc1ccccc1. The van der Waals surface area contributed by atoms with Crippen LogP contribution in [0.3, 0.4) is 0 Å². The highest BCUT2D eigenvalue weighted by atomic mass is 32.1. The average molecular weight is 892 g/mol. The summed E-state index contributed by atoms with van der Waals surface area (Å²) < 4.78 is 12.2. The number of thiocarbonyl (C=S) groups is 1. The van der Waals surface area contributed by atoms with Crippen LogP contribution < -0.4 is 30.9 Å². The van der Waals surface area contributed by atoms with Crippen LogP contribution in [0.1, 0.15) is 75.5 Å². The first-order chi connectivity index (χ1) is 31.5. The minimum absolute atomic E-state index is 0.0600. The lowest BCUT2D eigenvalue weighted by Gasteiger charge is -2.44. The molecular formula is C50H49N7O7S. The van der Waals surface area contributed by atoms with Gasteiger partial charge >= 0.3 is 5.63 Å². The lowest BCUT2D eigenvalue weighted by atomic mass is 9.75. The Morgan fingerprint density at radius 1 is 0.708 bits per heavy atom. The Hall–Kier alpha value is -7.39. The van der Waals surface area contributed by atoms with Crippen molar-refractivity contribution >= 4 is 63.1 Å². The Bertz CT molecular complexity index is 2860. The van der Waals surface area contributed by atoms with Crippen molar-refractivity contribution in [1.82, 2.24) is 20.2 Å². The molecule has 5 aromatic carbocycles. The monoisotopic (exact) mass is 891 g/mol. The van der Waals surface area contributed by atoms with Crippen LogP contribution in [0.4, 0.5) is 17.1 Å². The molecule has 3 amide bonds. The number of phenols is 1. The molecule has 4 heterocycles. The molecule has 3 aliphatic rings. The highest BCUT2D eigenvalue weighted by molar-refractivity contribution is 7.80. The number of piperazine rings is 1. The van der Waals surface area contributed by atoms with Gasteiger partial charge in [-0.1, -0.05) is 36.4 Å². The quantitative estimate of drug-likeness (QED) is 0.0921. The van der Waals surface area contributed by atoms with E-state index in [1.165, 1.54) is 23.1 Å². The number of nitrogens with zero attached hydrogens (tertiary/aromatic N) is 5. The van der Waals surface area contributed by atoms with Crippen molar-refractivity contribution in [1.29, 1.82) is 0 Å². The minimum atomic E-state index is -1.30. The fraction of sp³-hybridized carbons (Fsp3) is 0.260. The van der Waals surface area contributed by atoms with Gasteiger partial charge in [0.1, 0.15) is 33.9 Å². The Morgan fingerprint density at radius 2 is 1.29 bits per heavy atom. The second-order valence-corrected chi connectivity index (χ2v) is 16.5. The van der Waals surface area contributed by atoms with Gasteiger partial charge in [0.2, 0.25) is 0 Å². The van der Waals surface area contributed by atoms with Crippen LogP contribution in [0.15, 0.2) is 118 Å². The maximum Gasteiger partial charge on any atom is 0.349 e. The van der Waals surface area contributed by atoms with Gasteiger partial charge in [-0.15, -0.1) is 0 Å². The molecule has 0 radical (unpaired) electrons. The molecule has 3 N–H and O–H groups in total. The molecular weight excluding hydrogens is 843 g/mol. The summed E-state index contributed by atoms with van der Waals surface area (Å²) in [5.74, 6) is -0.101. The number of para-hydroxylation sites is 1. The fourth-order valence-corrected chi connectivity index (χ4v) is 9.56. The normalized spacial score (nSPS) is 14.6. The number of fused-ring (bicyclic) bond motifs is 7. The molecule has 1 aromatic heterocycles. The number of carbonyl (C=O) groups is 3. The zero-order valence-corrected chi connectivity index (χ0v) is 37.4. The molecule has 0 bridgehead atoms. The molecule has 9 rings (SSSR count). The van der Waals surface area contributed by atoms with Crippen LogP contribution in [-0.2, 0) is 5.54 Å². The van der Waals surface area contributed by atoms with E-state index < -0.39 is 23.0 Å². The van der Waals surface area contributed by atoms with E-state index in [0.29, 0.717) is 33.6 Å². The van der Waals surface area contributed by atoms with Crippen molar-refractivity contribution < 1.29 is 28.6 Å². The molecule has 0 unspecified atom stereocenters. The van der Waals surface area contributed by atoms with Crippen LogP contribution in [0, 0.1) is 0 Å². The second kappa shape index (κ2) is 17.3. The van der Waals surface area contributed by atoms with E-state index in [1.54, 1.807) is 28.1 Å². The van der Waals surface area contributed by atoms with Crippen molar-refractivity contribution in [2.24, 2.45) is 0 Å². The number of anilines is 3. The number of rotatable bonds is 10. The maximum atomic E-state index is 15.2. The summed E-state index contributed by atoms with van der Waals surface area (Å²) >= 11 is 5.92. The van der Waals surface area contributed by atoms with Gasteiger partial charge < -0.3 is 39.2 Å². The molecule has 0 atom stereocenters. The molecule has 1 saturated heterocycles. The Kier molecular flexibility index (Phi) is 11.4. The van der Waals surface area contributed by atoms with Crippen molar-refractivity contribution in [2.45, 2.75) is 33.2 Å². The third kappa shape index (κ3) is 7.44. The van der Waals surface area contributed by atoms with Gasteiger partial charge in [-0.25, -0.2) is 9.80 Å². The first kappa shape index (κ1) is 42.9. The zero-order valence-electron chi connectivity index (χ0n) is 36.6. The number of carbonyl (C=O) groups excluding carboxylic acids is 3. The van der Waals surface area contributed by atoms with E-state index in [2.05, 4.69) is 48.2 Å². The molecule has 1 spiro atoms. The third-order valence-electron chi connectivity index (χ3n) is 12.7. The van der Waals surface area contributed by atoms with Crippen LogP contribution in [-0.4, -0.2) is 95.1 Å². The van der Waals surface area contributed by atoms with E-state index in [1.807, 2.05) is 72.8 Å². The van der Waals surface area contributed by atoms with Crippen molar-refractivity contribution in [3.05, 3.63) is 153 Å². The van der Waals surface area contributed by atoms with E-state index >= 15 is 4.79 Å². The topological polar surface area (TPSA) is 151 Å².